The lowest BCUT2D eigenvalue weighted by atomic mass is 10.1. The van der Waals surface area contributed by atoms with E-state index in [9.17, 15) is 14.0 Å². The van der Waals surface area contributed by atoms with Crippen molar-refractivity contribution in [3.63, 3.8) is 0 Å². The molecular weight excluding hydrogens is 501 g/mol. The van der Waals surface area contributed by atoms with Crippen molar-refractivity contribution in [1.29, 1.82) is 0 Å². The Balaban J connectivity index is 1.45. The number of benzene rings is 3. The number of para-hydroxylation sites is 1. The highest BCUT2D eigenvalue weighted by molar-refractivity contribution is 9.10. The summed E-state index contributed by atoms with van der Waals surface area (Å²) in [7, 11) is 0. The molecule has 170 valence electrons. The zero-order valence-corrected chi connectivity index (χ0v) is 19.4. The number of hydrazone groups is 1. The first-order valence-corrected chi connectivity index (χ1v) is 11.1. The minimum absolute atomic E-state index is 0.255. The predicted octanol–water partition coefficient (Wildman–Crippen LogP) is 4.32. The van der Waals surface area contributed by atoms with E-state index < -0.39 is 17.6 Å². The Bertz CT molecular complexity index is 1320. The summed E-state index contributed by atoms with van der Waals surface area (Å²) in [5, 5.41) is 11.2. The number of hydrogen-bond acceptors (Lipinski definition) is 4. The quantitative estimate of drug-likeness (QED) is 0.281. The van der Waals surface area contributed by atoms with Crippen LogP contribution in [0.5, 0.6) is 0 Å². The molecule has 1 heterocycles. The zero-order chi connectivity index (χ0) is 23.9. The predicted molar refractivity (Wildman–Crippen MR) is 131 cm³/mol. The van der Waals surface area contributed by atoms with Crippen molar-refractivity contribution >= 4 is 34.0 Å². The van der Waals surface area contributed by atoms with E-state index in [-0.39, 0.29) is 12.1 Å². The monoisotopic (exact) mass is 519 g/mol. The molecule has 1 aromatic heterocycles. The average molecular weight is 520 g/mol. The third-order valence-electron chi connectivity index (χ3n) is 4.79. The first-order chi connectivity index (χ1) is 16.5. The Morgan fingerprint density at radius 2 is 1.71 bits per heavy atom. The SMILES string of the molecule is O=C(CNC(=O)c1ccc(F)cc1)N/N=C\c1cn(-c2ccccc2)nc1-c1ccc(Br)cc1. The van der Waals surface area contributed by atoms with Gasteiger partial charge in [-0.15, -0.1) is 0 Å². The molecule has 9 heteroatoms. The first-order valence-electron chi connectivity index (χ1n) is 10.3. The van der Waals surface area contributed by atoms with Gasteiger partial charge in [-0.3, -0.25) is 9.59 Å². The summed E-state index contributed by atoms with van der Waals surface area (Å²) < 4.78 is 15.7. The molecule has 34 heavy (non-hydrogen) atoms. The number of nitrogens with zero attached hydrogens (tertiary/aromatic N) is 3. The minimum Gasteiger partial charge on any atom is -0.343 e. The molecule has 0 bridgehead atoms. The van der Waals surface area contributed by atoms with Gasteiger partial charge in [0, 0.05) is 27.4 Å². The van der Waals surface area contributed by atoms with Crippen LogP contribution in [-0.2, 0) is 4.79 Å². The first kappa shape index (κ1) is 23.1. The Hall–Kier alpha value is -4.11. The van der Waals surface area contributed by atoms with Crippen LogP contribution >= 0.6 is 15.9 Å². The molecule has 0 unspecified atom stereocenters. The van der Waals surface area contributed by atoms with Gasteiger partial charge in [-0.05, 0) is 48.5 Å². The van der Waals surface area contributed by atoms with E-state index in [1.807, 2.05) is 60.8 Å². The van der Waals surface area contributed by atoms with Crippen molar-refractivity contribution in [3.8, 4) is 16.9 Å². The molecule has 0 atom stereocenters. The van der Waals surface area contributed by atoms with Crippen LogP contribution in [-0.4, -0.2) is 34.4 Å². The normalized spacial score (nSPS) is 10.9. The van der Waals surface area contributed by atoms with E-state index in [0.717, 1.165) is 15.7 Å². The standard InChI is InChI=1S/C25H19BrFN5O2/c26-20-10-6-17(7-11-20)24-19(16-32(31-24)22-4-2-1-3-5-22)14-29-30-23(33)15-28-25(34)18-8-12-21(27)13-9-18/h1-14,16H,15H2,(H,28,34)(H,30,33)/b29-14-. The van der Waals surface area contributed by atoms with E-state index >= 15 is 0 Å². The van der Waals surface area contributed by atoms with Crippen LogP contribution in [0.2, 0.25) is 0 Å². The fourth-order valence-corrected chi connectivity index (χ4v) is 3.37. The zero-order valence-electron chi connectivity index (χ0n) is 17.8. The molecule has 0 radical (unpaired) electrons. The largest absolute Gasteiger partial charge is 0.343 e. The second-order valence-electron chi connectivity index (χ2n) is 7.20. The maximum Gasteiger partial charge on any atom is 0.259 e. The maximum absolute atomic E-state index is 13.0. The highest BCUT2D eigenvalue weighted by atomic mass is 79.9. The maximum atomic E-state index is 13.0. The van der Waals surface area contributed by atoms with Crippen molar-refractivity contribution in [3.05, 3.63) is 106 Å². The Morgan fingerprint density at radius 3 is 2.41 bits per heavy atom. The molecule has 0 aliphatic heterocycles. The summed E-state index contributed by atoms with van der Waals surface area (Å²) in [6.45, 7) is -0.281. The van der Waals surface area contributed by atoms with Gasteiger partial charge in [0.1, 0.15) is 11.5 Å². The molecule has 4 aromatic rings. The molecular formula is C25H19BrFN5O2. The summed E-state index contributed by atoms with van der Waals surface area (Å²) in [4.78, 5) is 24.2. The van der Waals surface area contributed by atoms with E-state index in [2.05, 4.69) is 31.8 Å². The Kier molecular flexibility index (Phi) is 7.24. The molecule has 4 rings (SSSR count). The van der Waals surface area contributed by atoms with Gasteiger partial charge in [0.05, 0.1) is 18.4 Å². The van der Waals surface area contributed by atoms with Gasteiger partial charge >= 0.3 is 0 Å². The topological polar surface area (TPSA) is 88.4 Å². The number of amides is 2. The van der Waals surface area contributed by atoms with Crippen molar-refractivity contribution in [2.45, 2.75) is 0 Å². The van der Waals surface area contributed by atoms with Crippen LogP contribution in [0.4, 0.5) is 4.39 Å². The van der Waals surface area contributed by atoms with E-state index in [1.54, 1.807) is 4.68 Å². The van der Waals surface area contributed by atoms with Gasteiger partial charge in [0.25, 0.3) is 11.8 Å². The third-order valence-corrected chi connectivity index (χ3v) is 5.32. The fraction of sp³-hybridized carbons (Fsp3) is 0.0400. The lowest BCUT2D eigenvalue weighted by Crippen LogP contribution is -2.34. The average Bonchev–Trinajstić information content (AvgIpc) is 3.28. The van der Waals surface area contributed by atoms with E-state index in [4.69, 9.17) is 5.10 Å². The van der Waals surface area contributed by atoms with Crippen LogP contribution < -0.4 is 10.7 Å². The van der Waals surface area contributed by atoms with Crippen molar-refractivity contribution in [2.75, 3.05) is 6.54 Å². The van der Waals surface area contributed by atoms with Crippen molar-refractivity contribution in [1.82, 2.24) is 20.5 Å². The third kappa shape index (κ3) is 5.81. The molecule has 2 N–H and O–H groups in total. The van der Waals surface area contributed by atoms with Gasteiger partial charge in [-0.25, -0.2) is 14.5 Å². The number of rotatable bonds is 7. The molecule has 3 aromatic carbocycles. The molecule has 0 aliphatic rings. The van der Waals surface area contributed by atoms with Crippen LogP contribution in [0.1, 0.15) is 15.9 Å². The summed E-state index contributed by atoms with van der Waals surface area (Å²) >= 11 is 3.43. The highest BCUT2D eigenvalue weighted by Gasteiger charge is 2.12. The van der Waals surface area contributed by atoms with Crippen molar-refractivity contribution in [2.24, 2.45) is 5.10 Å². The van der Waals surface area contributed by atoms with Gasteiger partial charge in [0.2, 0.25) is 0 Å². The number of nitrogens with one attached hydrogen (secondary N) is 2. The van der Waals surface area contributed by atoms with Gasteiger partial charge in [-0.1, -0.05) is 46.3 Å². The van der Waals surface area contributed by atoms with Gasteiger partial charge in [0.15, 0.2) is 0 Å². The number of carbonyl (C=O) groups is 2. The Morgan fingerprint density at radius 1 is 1.00 bits per heavy atom. The highest BCUT2D eigenvalue weighted by Crippen LogP contribution is 2.24. The smallest absolute Gasteiger partial charge is 0.259 e. The summed E-state index contributed by atoms with van der Waals surface area (Å²) in [6, 6.07) is 22.4. The molecule has 0 saturated heterocycles. The molecule has 0 saturated carbocycles. The second kappa shape index (κ2) is 10.7. The Labute approximate surface area is 203 Å². The summed E-state index contributed by atoms with van der Waals surface area (Å²) in [5.74, 6) is -1.44. The number of carbonyl (C=O) groups excluding carboxylic acids is 2. The molecule has 7 nitrogen and oxygen atoms in total. The van der Waals surface area contributed by atoms with Crippen LogP contribution in [0.3, 0.4) is 0 Å². The fourth-order valence-electron chi connectivity index (χ4n) is 3.10. The van der Waals surface area contributed by atoms with Crippen molar-refractivity contribution < 1.29 is 14.0 Å². The summed E-state index contributed by atoms with van der Waals surface area (Å²) in [5.41, 5.74) is 5.81. The lowest BCUT2D eigenvalue weighted by Gasteiger charge is -2.04. The lowest BCUT2D eigenvalue weighted by molar-refractivity contribution is -0.120. The van der Waals surface area contributed by atoms with Gasteiger partial charge < -0.3 is 5.32 Å². The molecule has 2 amide bonds. The van der Waals surface area contributed by atoms with E-state index in [0.29, 0.717) is 11.3 Å². The second-order valence-corrected chi connectivity index (χ2v) is 8.12. The number of halogens is 2. The number of aromatic nitrogens is 2. The number of hydrogen-bond donors (Lipinski definition) is 2. The van der Waals surface area contributed by atoms with Gasteiger partial charge in [-0.2, -0.15) is 10.2 Å². The molecule has 0 aliphatic carbocycles. The van der Waals surface area contributed by atoms with Crippen LogP contribution in [0.15, 0.2) is 94.6 Å². The molecule has 0 fully saturated rings. The van der Waals surface area contributed by atoms with Crippen LogP contribution in [0.25, 0.3) is 16.9 Å². The molecule has 0 spiro atoms. The van der Waals surface area contributed by atoms with E-state index in [1.165, 1.54) is 30.5 Å². The van der Waals surface area contributed by atoms with Crippen LogP contribution in [0, 0.1) is 5.82 Å². The minimum atomic E-state index is -0.507. The summed E-state index contributed by atoms with van der Waals surface area (Å²) in [6.07, 6.45) is 3.32.